The summed E-state index contributed by atoms with van der Waals surface area (Å²) < 4.78 is 32.2. The fraction of sp³-hybridized carbons (Fsp3) is 0.235. The van der Waals surface area contributed by atoms with E-state index in [4.69, 9.17) is 27.9 Å². The fourth-order valence-corrected chi connectivity index (χ4v) is 5.69. The molecule has 3 rings (SSSR count). The number of hydrogen-bond donors (Lipinski definition) is 0. The predicted molar refractivity (Wildman–Crippen MR) is 107 cm³/mol. The van der Waals surface area contributed by atoms with E-state index < -0.39 is 10.0 Å². The molecule has 0 N–H and O–H groups in total. The molecule has 138 valence electrons. The van der Waals surface area contributed by atoms with Crippen LogP contribution < -0.4 is 4.74 Å². The molecule has 0 bridgehead atoms. The quantitative estimate of drug-likeness (QED) is 0.709. The van der Waals surface area contributed by atoms with Crippen LogP contribution in [0.3, 0.4) is 0 Å². The molecule has 0 atom stereocenters. The van der Waals surface area contributed by atoms with Crippen LogP contribution in [0.4, 0.5) is 0 Å². The van der Waals surface area contributed by atoms with Crippen molar-refractivity contribution >= 4 is 50.2 Å². The van der Waals surface area contributed by atoms with E-state index in [1.807, 2.05) is 6.07 Å². The van der Waals surface area contributed by atoms with Crippen molar-refractivity contribution in [1.29, 1.82) is 0 Å². The number of amidine groups is 1. The Bertz CT molecular complexity index is 932. The average Bonchev–Trinajstić information content (AvgIpc) is 3.10. The van der Waals surface area contributed by atoms with Crippen LogP contribution in [0.5, 0.6) is 5.75 Å². The number of rotatable bonds is 5. The van der Waals surface area contributed by atoms with Crippen LogP contribution in [0.15, 0.2) is 52.4 Å². The molecule has 0 amide bonds. The van der Waals surface area contributed by atoms with Crippen LogP contribution in [0.1, 0.15) is 5.56 Å². The third-order valence-electron chi connectivity index (χ3n) is 3.78. The average molecular weight is 431 g/mol. The van der Waals surface area contributed by atoms with Gasteiger partial charge in [-0.3, -0.25) is 4.99 Å². The lowest BCUT2D eigenvalue weighted by molar-refractivity contribution is 0.414. The maximum absolute atomic E-state index is 12.9. The summed E-state index contributed by atoms with van der Waals surface area (Å²) in [4.78, 5) is 4.54. The summed E-state index contributed by atoms with van der Waals surface area (Å²) in [5, 5.41) is 1.57. The van der Waals surface area contributed by atoms with Crippen molar-refractivity contribution in [2.75, 3.05) is 20.2 Å². The normalized spacial score (nSPS) is 14.4. The lowest BCUT2D eigenvalue weighted by Crippen LogP contribution is -2.32. The number of aliphatic imine (C=N–C) groups is 1. The van der Waals surface area contributed by atoms with Gasteiger partial charge < -0.3 is 4.74 Å². The van der Waals surface area contributed by atoms with E-state index in [2.05, 4.69) is 4.99 Å². The van der Waals surface area contributed by atoms with Crippen LogP contribution in [-0.2, 0) is 15.8 Å². The molecule has 0 radical (unpaired) electrons. The second kappa shape index (κ2) is 8.08. The van der Waals surface area contributed by atoms with Gasteiger partial charge in [0.2, 0.25) is 0 Å². The van der Waals surface area contributed by atoms with Crippen LogP contribution in [0.2, 0.25) is 10.0 Å². The monoisotopic (exact) mass is 430 g/mol. The summed E-state index contributed by atoms with van der Waals surface area (Å²) in [5.74, 6) is 1.11. The molecule has 0 aromatic heterocycles. The molecule has 26 heavy (non-hydrogen) atoms. The first-order valence-corrected chi connectivity index (χ1v) is 10.9. The predicted octanol–water partition coefficient (Wildman–Crippen LogP) is 4.30. The van der Waals surface area contributed by atoms with E-state index in [0.717, 1.165) is 5.56 Å². The van der Waals surface area contributed by atoms with Gasteiger partial charge >= 0.3 is 0 Å². The molecule has 1 aliphatic heterocycles. The van der Waals surface area contributed by atoms with Crippen LogP contribution >= 0.6 is 35.0 Å². The maximum atomic E-state index is 12.9. The Hall–Kier alpha value is -1.41. The number of methoxy groups -OCH3 is 1. The summed E-state index contributed by atoms with van der Waals surface area (Å²) in [6.45, 7) is 0.761. The van der Waals surface area contributed by atoms with Gasteiger partial charge in [0.1, 0.15) is 5.75 Å². The molecule has 5 nitrogen and oxygen atoms in total. The van der Waals surface area contributed by atoms with Gasteiger partial charge in [0.05, 0.1) is 25.1 Å². The Morgan fingerprint density at radius 2 is 1.92 bits per heavy atom. The Labute approximate surface area is 167 Å². The lowest BCUT2D eigenvalue weighted by atomic mass is 10.2. The minimum Gasteiger partial charge on any atom is -0.497 e. The molecule has 9 heteroatoms. The number of benzene rings is 2. The van der Waals surface area contributed by atoms with Crippen molar-refractivity contribution in [2.24, 2.45) is 4.99 Å². The van der Waals surface area contributed by atoms with Crippen molar-refractivity contribution in [3.63, 3.8) is 0 Å². The van der Waals surface area contributed by atoms with E-state index in [0.29, 0.717) is 39.8 Å². The van der Waals surface area contributed by atoms with Crippen LogP contribution in [0, 0.1) is 0 Å². The highest BCUT2D eigenvalue weighted by Crippen LogP contribution is 2.29. The van der Waals surface area contributed by atoms with E-state index in [1.165, 1.54) is 35.3 Å². The van der Waals surface area contributed by atoms with Crippen LogP contribution in [0.25, 0.3) is 0 Å². The Morgan fingerprint density at radius 1 is 1.19 bits per heavy atom. The Balaban J connectivity index is 1.76. The topological polar surface area (TPSA) is 59.0 Å². The van der Waals surface area contributed by atoms with Gasteiger partial charge in [0.25, 0.3) is 10.0 Å². The highest BCUT2D eigenvalue weighted by Gasteiger charge is 2.31. The van der Waals surface area contributed by atoms with Crippen molar-refractivity contribution < 1.29 is 13.2 Å². The number of thioether (sulfide) groups is 1. The lowest BCUT2D eigenvalue weighted by Gasteiger charge is -2.20. The zero-order chi connectivity index (χ0) is 18.7. The SMILES string of the molecule is COc1ccc(S(=O)(=O)N2CCN=C2SCc2ccc(Cl)cc2Cl)cc1. The zero-order valence-electron chi connectivity index (χ0n) is 13.9. The molecular formula is C17H16Cl2N2O3S2. The summed E-state index contributed by atoms with van der Waals surface area (Å²) in [5.41, 5.74) is 0.873. The van der Waals surface area contributed by atoms with E-state index in [-0.39, 0.29) is 4.90 Å². The van der Waals surface area contributed by atoms with Gasteiger partial charge in [-0.1, -0.05) is 41.0 Å². The molecule has 0 aliphatic carbocycles. The molecule has 0 saturated heterocycles. The standard InChI is InChI=1S/C17H16Cl2N2O3S2/c1-24-14-4-6-15(7-5-14)26(22,23)21-9-8-20-17(21)25-11-12-2-3-13(18)10-16(12)19/h2-7,10H,8-9,11H2,1H3. The van der Waals surface area contributed by atoms with E-state index in [1.54, 1.807) is 24.3 Å². The smallest absolute Gasteiger partial charge is 0.265 e. The third-order valence-corrected chi connectivity index (χ3v) is 7.35. The number of hydrogen-bond acceptors (Lipinski definition) is 5. The molecule has 2 aromatic rings. The van der Waals surface area contributed by atoms with Gasteiger partial charge in [-0.05, 0) is 42.0 Å². The zero-order valence-corrected chi connectivity index (χ0v) is 17.0. The van der Waals surface area contributed by atoms with Crippen LogP contribution in [-0.4, -0.2) is 38.1 Å². The first-order valence-electron chi connectivity index (χ1n) is 7.70. The minimum atomic E-state index is -3.66. The number of halogens is 2. The van der Waals surface area contributed by atoms with Crippen molar-refractivity contribution in [2.45, 2.75) is 10.6 Å². The minimum absolute atomic E-state index is 0.207. The molecule has 0 fully saturated rings. The largest absolute Gasteiger partial charge is 0.497 e. The Morgan fingerprint density at radius 3 is 2.58 bits per heavy atom. The van der Waals surface area contributed by atoms with E-state index >= 15 is 0 Å². The molecular weight excluding hydrogens is 415 g/mol. The van der Waals surface area contributed by atoms with E-state index in [9.17, 15) is 8.42 Å². The van der Waals surface area contributed by atoms with Crippen molar-refractivity contribution in [3.05, 3.63) is 58.1 Å². The number of ether oxygens (including phenoxy) is 1. The summed E-state index contributed by atoms with van der Waals surface area (Å²) in [7, 11) is -2.13. The second-order valence-corrected chi connectivity index (χ2v) is 9.09. The molecule has 0 saturated carbocycles. The first kappa shape index (κ1) is 19.4. The number of sulfonamides is 1. The second-order valence-electron chi connectivity index (χ2n) is 5.44. The molecule has 1 aliphatic rings. The number of nitrogens with zero attached hydrogens (tertiary/aromatic N) is 2. The van der Waals surface area contributed by atoms with Gasteiger partial charge in [0, 0.05) is 15.8 Å². The van der Waals surface area contributed by atoms with Gasteiger partial charge in [0.15, 0.2) is 5.17 Å². The van der Waals surface area contributed by atoms with Crippen molar-refractivity contribution in [1.82, 2.24) is 4.31 Å². The first-order chi connectivity index (χ1) is 12.4. The molecule has 2 aromatic carbocycles. The highest BCUT2D eigenvalue weighted by molar-refractivity contribution is 8.14. The van der Waals surface area contributed by atoms with Gasteiger partial charge in [-0.15, -0.1) is 0 Å². The highest BCUT2D eigenvalue weighted by atomic mass is 35.5. The third kappa shape index (κ3) is 4.11. The van der Waals surface area contributed by atoms with Crippen molar-refractivity contribution in [3.8, 4) is 5.75 Å². The Kier molecular flexibility index (Phi) is 6.02. The maximum Gasteiger partial charge on any atom is 0.265 e. The summed E-state index contributed by atoms with van der Waals surface area (Å²) >= 11 is 13.4. The van der Waals surface area contributed by atoms with Gasteiger partial charge in [-0.2, -0.15) is 0 Å². The fourth-order valence-electron chi connectivity index (χ4n) is 2.41. The summed E-state index contributed by atoms with van der Waals surface area (Å²) in [6, 6.07) is 11.6. The molecule has 0 spiro atoms. The van der Waals surface area contributed by atoms with Gasteiger partial charge in [-0.25, -0.2) is 12.7 Å². The summed E-state index contributed by atoms with van der Waals surface area (Å²) in [6.07, 6.45) is 0. The molecule has 0 unspecified atom stereocenters. The molecule has 1 heterocycles.